The van der Waals surface area contributed by atoms with Gasteiger partial charge in [-0.15, -0.1) is 0 Å². The highest BCUT2D eigenvalue weighted by Gasteiger charge is 2.30. The average molecular weight is 313 g/mol. The van der Waals surface area contributed by atoms with E-state index in [0.717, 1.165) is 23.7 Å². The van der Waals surface area contributed by atoms with Gasteiger partial charge in [-0.25, -0.2) is 0 Å². The van der Waals surface area contributed by atoms with Crippen LogP contribution in [0.2, 0.25) is 0 Å². The Kier molecular flexibility index (Phi) is 6.60. The minimum absolute atomic E-state index is 1.03. The molecule has 0 bridgehead atoms. The van der Waals surface area contributed by atoms with Crippen molar-refractivity contribution in [3.63, 3.8) is 0 Å². The van der Waals surface area contributed by atoms with Crippen LogP contribution in [-0.2, 0) is 6.42 Å². The molecule has 2 saturated carbocycles. The first-order valence-corrected chi connectivity index (χ1v) is 10.4. The molecular formula is C23H36. The lowest BCUT2D eigenvalue weighted by Gasteiger charge is -2.37. The Labute approximate surface area is 144 Å². The molecule has 0 heterocycles. The molecule has 0 aromatic heterocycles. The molecule has 0 N–H and O–H groups in total. The fraction of sp³-hybridized carbons (Fsp3) is 0.739. The Morgan fingerprint density at radius 3 is 1.87 bits per heavy atom. The molecule has 1 aromatic carbocycles. The van der Waals surface area contributed by atoms with Gasteiger partial charge in [-0.05, 0) is 67.8 Å². The van der Waals surface area contributed by atoms with Gasteiger partial charge in [-0.2, -0.15) is 0 Å². The van der Waals surface area contributed by atoms with E-state index < -0.39 is 0 Å². The number of aryl methyl sites for hydroxylation is 1. The van der Waals surface area contributed by atoms with Crippen LogP contribution in [0.5, 0.6) is 0 Å². The lowest BCUT2D eigenvalue weighted by atomic mass is 9.68. The maximum Gasteiger partial charge on any atom is -0.0279 e. The molecule has 23 heavy (non-hydrogen) atoms. The first-order valence-electron chi connectivity index (χ1n) is 10.4. The summed E-state index contributed by atoms with van der Waals surface area (Å²) >= 11 is 0. The highest BCUT2D eigenvalue weighted by molar-refractivity contribution is 5.14. The van der Waals surface area contributed by atoms with Crippen LogP contribution in [0.15, 0.2) is 30.3 Å². The van der Waals surface area contributed by atoms with Crippen molar-refractivity contribution in [2.75, 3.05) is 0 Å². The molecule has 1 aromatic rings. The molecule has 0 saturated heterocycles. The number of hydrogen-bond acceptors (Lipinski definition) is 0. The van der Waals surface area contributed by atoms with E-state index in [2.05, 4.69) is 37.3 Å². The van der Waals surface area contributed by atoms with Gasteiger partial charge >= 0.3 is 0 Å². The number of hydrogen-bond donors (Lipinski definition) is 0. The van der Waals surface area contributed by atoms with Gasteiger partial charge in [0, 0.05) is 0 Å². The standard InChI is InChI=1S/C23H36/c1-2-19-11-15-22(16-12-19)23-17-13-21(14-18-23)10-6-9-20-7-4-3-5-8-20/h3-5,7-8,19,21-23H,2,6,9-18H2,1H3. The molecule has 0 aliphatic heterocycles. The van der Waals surface area contributed by atoms with Gasteiger partial charge in [0.2, 0.25) is 0 Å². The van der Waals surface area contributed by atoms with Crippen molar-refractivity contribution in [2.24, 2.45) is 23.7 Å². The Morgan fingerprint density at radius 2 is 1.30 bits per heavy atom. The summed E-state index contributed by atoms with van der Waals surface area (Å²) in [6.07, 6.45) is 17.8. The summed E-state index contributed by atoms with van der Waals surface area (Å²) in [5.74, 6) is 4.25. The molecule has 128 valence electrons. The zero-order valence-electron chi connectivity index (χ0n) is 15.2. The van der Waals surface area contributed by atoms with Gasteiger partial charge in [0.15, 0.2) is 0 Å². The molecular weight excluding hydrogens is 276 g/mol. The maximum absolute atomic E-state index is 2.38. The van der Waals surface area contributed by atoms with Gasteiger partial charge < -0.3 is 0 Å². The van der Waals surface area contributed by atoms with Crippen molar-refractivity contribution < 1.29 is 0 Å². The van der Waals surface area contributed by atoms with Crippen molar-refractivity contribution in [3.8, 4) is 0 Å². The Bertz CT molecular complexity index is 419. The number of benzene rings is 1. The summed E-state index contributed by atoms with van der Waals surface area (Å²) in [6, 6.07) is 11.0. The van der Waals surface area contributed by atoms with Gasteiger partial charge in [-0.3, -0.25) is 0 Å². The second-order valence-corrected chi connectivity index (χ2v) is 8.35. The molecule has 0 unspecified atom stereocenters. The first kappa shape index (κ1) is 17.1. The molecule has 0 atom stereocenters. The summed E-state index contributed by atoms with van der Waals surface area (Å²) in [6.45, 7) is 2.38. The minimum Gasteiger partial charge on any atom is -0.0651 e. The van der Waals surface area contributed by atoms with Crippen molar-refractivity contribution in [2.45, 2.75) is 84.0 Å². The van der Waals surface area contributed by atoms with Crippen LogP contribution in [-0.4, -0.2) is 0 Å². The molecule has 2 aliphatic carbocycles. The molecule has 3 rings (SSSR count). The van der Waals surface area contributed by atoms with Crippen LogP contribution >= 0.6 is 0 Å². The quantitative estimate of drug-likeness (QED) is 0.529. The second kappa shape index (κ2) is 8.90. The fourth-order valence-electron chi connectivity index (χ4n) is 5.26. The summed E-state index contributed by atoms with van der Waals surface area (Å²) in [7, 11) is 0. The van der Waals surface area contributed by atoms with Crippen molar-refractivity contribution in [1.82, 2.24) is 0 Å². The third kappa shape index (κ3) is 5.10. The molecule has 2 fully saturated rings. The predicted molar refractivity (Wildman–Crippen MR) is 101 cm³/mol. The molecule has 2 aliphatic rings. The highest BCUT2D eigenvalue weighted by atomic mass is 14.4. The van der Waals surface area contributed by atoms with Gasteiger partial charge in [-0.1, -0.05) is 75.8 Å². The summed E-state index contributed by atoms with van der Waals surface area (Å²) in [5.41, 5.74) is 1.52. The second-order valence-electron chi connectivity index (χ2n) is 8.35. The SMILES string of the molecule is CCC1CCC(C2CCC(CCCc3ccccc3)CC2)CC1. The van der Waals surface area contributed by atoms with Gasteiger partial charge in [0.1, 0.15) is 0 Å². The summed E-state index contributed by atoms with van der Waals surface area (Å²) < 4.78 is 0. The predicted octanol–water partition coefficient (Wildman–Crippen LogP) is 7.03. The largest absolute Gasteiger partial charge is 0.0651 e. The van der Waals surface area contributed by atoms with Crippen molar-refractivity contribution in [3.05, 3.63) is 35.9 Å². The zero-order valence-corrected chi connectivity index (χ0v) is 15.2. The third-order valence-electron chi connectivity index (χ3n) is 6.95. The normalized spacial score (nSPS) is 31.9. The molecule has 0 nitrogen and oxygen atoms in total. The van der Waals surface area contributed by atoms with Crippen LogP contribution in [0.25, 0.3) is 0 Å². The van der Waals surface area contributed by atoms with Crippen LogP contribution in [0, 0.1) is 23.7 Å². The van der Waals surface area contributed by atoms with E-state index in [1.54, 1.807) is 12.8 Å². The van der Waals surface area contributed by atoms with Crippen LogP contribution < -0.4 is 0 Å². The Balaban J connectivity index is 1.32. The minimum atomic E-state index is 1.03. The van der Waals surface area contributed by atoms with Gasteiger partial charge in [0.05, 0.1) is 0 Å². The first-order chi connectivity index (χ1) is 11.3. The molecule has 0 amide bonds. The highest BCUT2D eigenvalue weighted by Crippen LogP contribution is 2.42. The van der Waals surface area contributed by atoms with E-state index in [-0.39, 0.29) is 0 Å². The van der Waals surface area contributed by atoms with Crippen LogP contribution in [0.4, 0.5) is 0 Å². The number of rotatable bonds is 6. The van der Waals surface area contributed by atoms with E-state index in [1.807, 2.05) is 0 Å². The van der Waals surface area contributed by atoms with Gasteiger partial charge in [0.25, 0.3) is 0 Å². The topological polar surface area (TPSA) is 0 Å². The van der Waals surface area contributed by atoms with E-state index in [1.165, 1.54) is 69.8 Å². The van der Waals surface area contributed by atoms with E-state index in [0.29, 0.717) is 0 Å². The Morgan fingerprint density at radius 1 is 0.739 bits per heavy atom. The lowest BCUT2D eigenvalue weighted by Crippen LogP contribution is -2.25. The Hall–Kier alpha value is -0.780. The molecule has 0 spiro atoms. The lowest BCUT2D eigenvalue weighted by molar-refractivity contribution is 0.142. The van der Waals surface area contributed by atoms with Crippen molar-refractivity contribution in [1.29, 1.82) is 0 Å². The molecule has 0 radical (unpaired) electrons. The molecule has 0 heteroatoms. The van der Waals surface area contributed by atoms with Crippen LogP contribution in [0.1, 0.15) is 83.1 Å². The zero-order chi connectivity index (χ0) is 15.9. The summed E-state index contributed by atoms with van der Waals surface area (Å²) in [5, 5.41) is 0. The summed E-state index contributed by atoms with van der Waals surface area (Å²) in [4.78, 5) is 0. The smallest absolute Gasteiger partial charge is 0.0279 e. The van der Waals surface area contributed by atoms with E-state index in [4.69, 9.17) is 0 Å². The van der Waals surface area contributed by atoms with Crippen molar-refractivity contribution >= 4 is 0 Å². The van der Waals surface area contributed by atoms with E-state index in [9.17, 15) is 0 Å². The van der Waals surface area contributed by atoms with E-state index >= 15 is 0 Å². The monoisotopic (exact) mass is 312 g/mol. The van der Waals surface area contributed by atoms with Crippen LogP contribution in [0.3, 0.4) is 0 Å². The average Bonchev–Trinajstić information content (AvgIpc) is 2.63. The fourth-order valence-corrected chi connectivity index (χ4v) is 5.26. The maximum atomic E-state index is 2.38. The third-order valence-corrected chi connectivity index (χ3v) is 6.95.